The van der Waals surface area contributed by atoms with Crippen LogP contribution in [-0.2, 0) is 15.7 Å². The molecule has 4 heterocycles. The summed E-state index contributed by atoms with van der Waals surface area (Å²) in [6.45, 7) is 8.44. The number of aromatic nitrogens is 2. The number of nitrogen functional groups attached to an aromatic ring is 1. The zero-order valence-corrected chi connectivity index (χ0v) is 29.1. The number of nitrogens with zero attached hydrogens (tertiary/aromatic N) is 5. The summed E-state index contributed by atoms with van der Waals surface area (Å²) in [5.41, 5.74) is 2.56. The van der Waals surface area contributed by atoms with Crippen molar-refractivity contribution in [3.05, 3.63) is 53.6 Å². The Labute approximate surface area is 294 Å². The summed E-state index contributed by atoms with van der Waals surface area (Å²) in [5.74, 6) is -2.66. The minimum Gasteiger partial charge on any atom is -0.462 e. The molecule has 16 heteroatoms. The molecule has 3 N–H and O–H groups in total. The molecule has 51 heavy (non-hydrogen) atoms. The Hall–Kier alpha value is -4.59. The highest BCUT2D eigenvalue weighted by atomic mass is 32.1. The highest BCUT2D eigenvalue weighted by Gasteiger charge is 2.40. The molecular formula is C35H36F5N7O3S. The SMILES string of the molecule is C=CC(=O)N1CC[C@H]([C@@H](C)Nc2nc(OC[C@@H]3C[C@@H](OC)CN3C)nc3c(F)c(-c4ccc(F)c5sc(N)c(C#N)c45)c(C(F)(F)F)cc23)[C@H]1C. The molecule has 6 rings (SSSR count). The van der Waals surface area contributed by atoms with Gasteiger partial charge in [-0.05, 0) is 57.5 Å². The number of nitrogens with one attached hydrogen (secondary N) is 1. The molecule has 1 amide bonds. The first-order chi connectivity index (χ1) is 24.2. The number of ether oxygens (including phenoxy) is 2. The van der Waals surface area contributed by atoms with E-state index in [9.17, 15) is 27.6 Å². The molecule has 0 radical (unpaired) electrons. The van der Waals surface area contributed by atoms with E-state index < -0.39 is 40.5 Å². The number of halogens is 5. The molecule has 2 aliphatic heterocycles. The van der Waals surface area contributed by atoms with E-state index in [1.54, 1.807) is 12.0 Å². The number of hydrogen-bond acceptors (Lipinski definition) is 10. The lowest BCUT2D eigenvalue weighted by atomic mass is 9.92. The average molecular weight is 730 g/mol. The van der Waals surface area contributed by atoms with E-state index >= 15 is 4.39 Å². The summed E-state index contributed by atoms with van der Waals surface area (Å²) < 4.78 is 88.0. The Balaban J connectivity index is 1.52. The van der Waals surface area contributed by atoms with Gasteiger partial charge in [0.1, 0.15) is 34.8 Å². The number of carbonyl (C=O) groups is 1. The summed E-state index contributed by atoms with van der Waals surface area (Å²) in [4.78, 5) is 24.9. The van der Waals surface area contributed by atoms with Crippen molar-refractivity contribution >= 4 is 49.1 Å². The van der Waals surface area contributed by atoms with Crippen LogP contribution >= 0.6 is 11.3 Å². The molecule has 4 aromatic rings. The van der Waals surface area contributed by atoms with Gasteiger partial charge in [-0.3, -0.25) is 9.69 Å². The largest absolute Gasteiger partial charge is 0.462 e. The van der Waals surface area contributed by atoms with Gasteiger partial charge in [0.15, 0.2) is 5.82 Å². The quantitative estimate of drug-likeness (QED) is 0.145. The maximum absolute atomic E-state index is 17.0. The lowest BCUT2D eigenvalue weighted by Gasteiger charge is -2.29. The minimum absolute atomic E-state index is 0.0297. The third kappa shape index (κ3) is 6.54. The van der Waals surface area contributed by atoms with Crippen molar-refractivity contribution in [3.8, 4) is 23.2 Å². The number of amides is 1. The molecule has 2 fully saturated rings. The van der Waals surface area contributed by atoms with Crippen LogP contribution in [0.15, 0.2) is 30.9 Å². The average Bonchev–Trinajstić information content (AvgIpc) is 3.77. The van der Waals surface area contributed by atoms with Gasteiger partial charge in [0.05, 0.1) is 21.9 Å². The van der Waals surface area contributed by atoms with Crippen molar-refractivity contribution in [1.82, 2.24) is 19.8 Å². The molecule has 2 aromatic carbocycles. The van der Waals surface area contributed by atoms with Crippen LogP contribution in [0.3, 0.4) is 0 Å². The second kappa shape index (κ2) is 13.9. The highest BCUT2D eigenvalue weighted by Crippen LogP contribution is 2.48. The van der Waals surface area contributed by atoms with E-state index in [0.29, 0.717) is 37.3 Å². The maximum Gasteiger partial charge on any atom is 0.417 e. The van der Waals surface area contributed by atoms with Gasteiger partial charge in [-0.2, -0.15) is 28.4 Å². The number of nitriles is 1. The zero-order chi connectivity index (χ0) is 36.9. The van der Waals surface area contributed by atoms with E-state index in [2.05, 4.69) is 21.9 Å². The molecule has 2 saturated heterocycles. The highest BCUT2D eigenvalue weighted by molar-refractivity contribution is 7.23. The molecule has 2 aliphatic rings. The number of carbonyl (C=O) groups excluding carboxylic acids is 1. The number of benzene rings is 2. The Bertz CT molecular complexity index is 2070. The van der Waals surface area contributed by atoms with Crippen molar-refractivity contribution in [2.75, 3.05) is 44.9 Å². The number of hydrogen-bond donors (Lipinski definition) is 2. The van der Waals surface area contributed by atoms with Crippen molar-refractivity contribution in [1.29, 1.82) is 5.26 Å². The first kappa shape index (κ1) is 36.2. The Morgan fingerprint density at radius 2 is 2.06 bits per heavy atom. The number of likely N-dealkylation sites (N-methyl/N-ethyl adjacent to an activating group) is 1. The van der Waals surface area contributed by atoms with Crippen LogP contribution in [0.25, 0.3) is 32.1 Å². The van der Waals surface area contributed by atoms with Crippen LogP contribution in [0, 0.1) is 28.9 Å². The Morgan fingerprint density at radius 1 is 1.31 bits per heavy atom. The van der Waals surface area contributed by atoms with E-state index in [1.165, 1.54) is 6.08 Å². The van der Waals surface area contributed by atoms with Gasteiger partial charge in [0.25, 0.3) is 0 Å². The van der Waals surface area contributed by atoms with E-state index in [0.717, 1.165) is 18.2 Å². The predicted octanol–water partition coefficient (Wildman–Crippen LogP) is 6.58. The molecule has 270 valence electrons. The number of nitrogens with two attached hydrogens (primary N) is 1. The number of anilines is 2. The fourth-order valence-corrected chi connectivity index (χ4v) is 8.27. The summed E-state index contributed by atoms with van der Waals surface area (Å²) in [6.07, 6.45) is -2.67. The van der Waals surface area contributed by atoms with Crippen LogP contribution < -0.4 is 15.8 Å². The Morgan fingerprint density at radius 3 is 2.71 bits per heavy atom. The number of thiophene rings is 1. The third-order valence-electron chi connectivity index (χ3n) is 10.1. The molecular weight excluding hydrogens is 693 g/mol. The first-order valence-corrected chi connectivity index (χ1v) is 17.1. The summed E-state index contributed by atoms with van der Waals surface area (Å²) in [7, 11) is 3.51. The summed E-state index contributed by atoms with van der Waals surface area (Å²) in [5, 5.41) is 12.4. The van der Waals surface area contributed by atoms with E-state index in [-0.39, 0.29) is 80.0 Å². The van der Waals surface area contributed by atoms with Crippen LogP contribution in [0.4, 0.5) is 32.8 Å². The molecule has 5 atom stereocenters. The van der Waals surface area contributed by atoms with E-state index in [1.807, 2.05) is 31.9 Å². The van der Waals surface area contributed by atoms with Gasteiger partial charge in [-0.25, -0.2) is 8.78 Å². The van der Waals surface area contributed by atoms with Gasteiger partial charge in [-0.1, -0.05) is 12.6 Å². The molecule has 10 nitrogen and oxygen atoms in total. The summed E-state index contributed by atoms with van der Waals surface area (Å²) >= 11 is 0.687. The maximum atomic E-state index is 17.0. The van der Waals surface area contributed by atoms with Crippen LogP contribution in [0.1, 0.15) is 37.8 Å². The molecule has 0 bridgehead atoms. The normalized spacial score (nSPS) is 21.7. The summed E-state index contributed by atoms with van der Waals surface area (Å²) in [6, 6.07) is 3.43. The van der Waals surface area contributed by atoms with Gasteiger partial charge in [0.2, 0.25) is 5.91 Å². The predicted molar refractivity (Wildman–Crippen MR) is 184 cm³/mol. The standard InChI is InChI=1S/C35H36F5N7O3S/c1-6-26(48)47-10-9-20(17(47)3)16(2)43-33-22-12-24(35(38,39)40)28(21-7-8-25(36)31-27(21)23(13-41)32(42)51-31)29(37)30(22)44-34(45-33)50-15-18-11-19(49-5)14-46(18)4/h6-8,12,16-20H,1,9-11,14-15,42H2,2-5H3,(H,43,44,45)/t16-,17-,18+,19-,20-/m1/s1. The van der Waals surface area contributed by atoms with Gasteiger partial charge >= 0.3 is 12.2 Å². The van der Waals surface area contributed by atoms with Crippen molar-refractivity contribution in [2.45, 2.75) is 57.1 Å². The second-order valence-electron chi connectivity index (χ2n) is 13.0. The monoisotopic (exact) mass is 729 g/mol. The number of likely N-dealkylation sites (tertiary alicyclic amines) is 2. The number of fused-ring (bicyclic) bond motifs is 2. The number of alkyl halides is 3. The zero-order valence-electron chi connectivity index (χ0n) is 28.3. The lowest BCUT2D eigenvalue weighted by Crippen LogP contribution is -2.39. The molecule has 2 aromatic heterocycles. The minimum atomic E-state index is -5.10. The van der Waals surface area contributed by atoms with Crippen LogP contribution in [0.2, 0.25) is 0 Å². The fourth-order valence-electron chi connectivity index (χ4n) is 7.32. The topological polar surface area (TPSA) is 130 Å². The molecule has 0 saturated carbocycles. The second-order valence-corrected chi connectivity index (χ2v) is 14.0. The van der Waals surface area contributed by atoms with Crippen molar-refractivity contribution in [2.24, 2.45) is 5.92 Å². The number of rotatable bonds is 9. The van der Waals surface area contributed by atoms with E-state index in [4.69, 9.17) is 15.2 Å². The first-order valence-electron chi connectivity index (χ1n) is 16.3. The fraction of sp³-hybridized carbons (Fsp3) is 0.429. The van der Waals surface area contributed by atoms with Crippen LogP contribution in [-0.4, -0.2) is 83.8 Å². The molecule has 0 aliphatic carbocycles. The van der Waals surface area contributed by atoms with Gasteiger partial charge in [-0.15, -0.1) is 11.3 Å². The smallest absolute Gasteiger partial charge is 0.417 e. The van der Waals surface area contributed by atoms with Crippen molar-refractivity contribution in [3.63, 3.8) is 0 Å². The van der Waals surface area contributed by atoms with Crippen LogP contribution in [0.5, 0.6) is 6.01 Å². The molecule has 0 spiro atoms. The van der Waals surface area contributed by atoms with Gasteiger partial charge in [0, 0.05) is 60.6 Å². The van der Waals surface area contributed by atoms with Crippen molar-refractivity contribution < 1.29 is 36.2 Å². The number of methoxy groups -OCH3 is 1. The molecule has 0 unspecified atom stereocenters. The van der Waals surface area contributed by atoms with Gasteiger partial charge < -0.3 is 25.4 Å². The third-order valence-corrected chi connectivity index (χ3v) is 11.1. The Kier molecular flexibility index (Phi) is 9.83. The lowest BCUT2D eigenvalue weighted by molar-refractivity contribution is -0.137.